The number of nitrogens with zero attached hydrogens (tertiary/aromatic N) is 1. The number of aromatic nitrogens is 1. The third-order valence-corrected chi connectivity index (χ3v) is 5.21. The van der Waals surface area contributed by atoms with E-state index in [2.05, 4.69) is 50.0 Å². The maximum absolute atomic E-state index is 13.7. The molecule has 1 unspecified atom stereocenters. The molecule has 0 amide bonds. The van der Waals surface area contributed by atoms with Gasteiger partial charge in [0.2, 0.25) is 0 Å². The van der Waals surface area contributed by atoms with Crippen molar-refractivity contribution in [3.8, 4) is 22.4 Å². The molecule has 1 nitrogen and oxygen atoms in total. The van der Waals surface area contributed by atoms with E-state index in [0.717, 1.165) is 41.6 Å². The Morgan fingerprint density at radius 3 is 2.52 bits per heavy atom. The van der Waals surface area contributed by atoms with E-state index in [9.17, 15) is 4.39 Å². The summed E-state index contributed by atoms with van der Waals surface area (Å²) in [6.45, 7) is 6.78. The first-order valence-electron chi connectivity index (χ1n) is 9.95. The fraction of sp³-hybridized carbons (Fsp3) is 0.320. The molecule has 3 aromatic rings. The summed E-state index contributed by atoms with van der Waals surface area (Å²) in [5.41, 5.74) is 6.72. The van der Waals surface area contributed by atoms with Crippen LogP contribution < -0.4 is 0 Å². The highest BCUT2D eigenvalue weighted by molar-refractivity contribution is 5.81. The molecule has 2 aromatic carbocycles. The summed E-state index contributed by atoms with van der Waals surface area (Å²) in [5.74, 6) is 0.423. The van der Waals surface area contributed by atoms with Crippen LogP contribution in [0.15, 0.2) is 60.8 Å². The fourth-order valence-corrected chi connectivity index (χ4v) is 3.52. The lowest BCUT2D eigenvalue weighted by Gasteiger charge is -2.16. The van der Waals surface area contributed by atoms with E-state index in [1.165, 1.54) is 23.6 Å². The van der Waals surface area contributed by atoms with Crippen molar-refractivity contribution >= 4 is 0 Å². The van der Waals surface area contributed by atoms with Gasteiger partial charge in [0.05, 0.1) is 5.69 Å². The molecule has 140 valence electrons. The third kappa shape index (κ3) is 4.63. The molecule has 3 rings (SSSR count). The van der Waals surface area contributed by atoms with Gasteiger partial charge in [0.25, 0.3) is 0 Å². The third-order valence-electron chi connectivity index (χ3n) is 5.21. The monoisotopic (exact) mass is 361 g/mol. The molecule has 0 saturated carbocycles. The quantitative estimate of drug-likeness (QED) is 0.437. The number of aryl methyl sites for hydroxylation is 1. The molecular weight excluding hydrogens is 333 g/mol. The van der Waals surface area contributed by atoms with Gasteiger partial charge in [-0.2, -0.15) is 0 Å². The van der Waals surface area contributed by atoms with Crippen LogP contribution in [0.5, 0.6) is 0 Å². The molecule has 1 aromatic heterocycles. The van der Waals surface area contributed by atoms with Crippen molar-refractivity contribution in [2.45, 2.75) is 46.5 Å². The van der Waals surface area contributed by atoms with Gasteiger partial charge < -0.3 is 0 Å². The summed E-state index contributed by atoms with van der Waals surface area (Å²) in [6, 6.07) is 17.5. The Hall–Kier alpha value is -2.48. The van der Waals surface area contributed by atoms with Crippen molar-refractivity contribution in [3.63, 3.8) is 0 Å². The number of benzene rings is 2. The molecule has 0 spiro atoms. The van der Waals surface area contributed by atoms with Crippen molar-refractivity contribution in [1.29, 1.82) is 0 Å². The van der Waals surface area contributed by atoms with Crippen LogP contribution in [0.4, 0.5) is 4.39 Å². The minimum absolute atomic E-state index is 0.236. The standard InChI is InChI=1S/C25H28FN/c1-4-8-19-12-13-20(16-22(19)15-18(3)5-2)24-11-7-14-27-25(24)21-9-6-10-23(26)17-21/h6-7,9-14,16-18H,4-5,8,15H2,1-3H3. The van der Waals surface area contributed by atoms with E-state index in [4.69, 9.17) is 0 Å². The summed E-state index contributed by atoms with van der Waals surface area (Å²) < 4.78 is 13.7. The highest BCUT2D eigenvalue weighted by Gasteiger charge is 2.13. The van der Waals surface area contributed by atoms with E-state index in [1.54, 1.807) is 18.3 Å². The Morgan fingerprint density at radius 2 is 1.78 bits per heavy atom. The number of rotatable bonds is 7. The lowest BCUT2D eigenvalue weighted by molar-refractivity contribution is 0.557. The van der Waals surface area contributed by atoms with E-state index in [0.29, 0.717) is 5.92 Å². The topological polar surface area (TPSA) is 12.9 Å². The van der Waals surface area contributed by atoms with Crippen molar-refractivity contribution in [3.05, 3.63) is 77.7 Å². The van der Waals surface area contributed by atoms with Gasteiger partial charge in [-0.3, -0.25) is 4.98 Å². The Balaban J connectivity index is 2.08. The van der Waals surface area contributed by atoms with Crippen molar-refractivity contribution < 1.29 is 4.39 Å². The van der Waals surface area contributed by atoms with Gasteiger partial charge in [-0.25, -0.2) is 4.39 Å². The number of hydrogen-bond acceptors (Lipinski definition) is 1. The van der Waals surface area contributed by atoms with Gasteiger partial charge in [-0.1, -0.05) is 70.0 Å². The van der Waals surface area contributed by atoms with Crippen molar-refractivity contribution in [1.82, 2.24) is 4.98 Å². The van der Waals surface area contributed by atoms with Crippen LogP contribution in [-0.2, 0) is 12.8 Å². The average Bonchev–Trinajstić information content (AvgIpc) is 2.69. The van der Waals surface area contributed by atoms with Crippen LogP contribution in [0.2, 0.25) is 0 Å². The first-order chi connectivity index (χ1) is 13.1. The number of pyridine rings is 1. The molecule has 0 aliphatic heterocycles. The molecule has 1 heterocycles. The second-order valence-electron chi connectivity index (χ2n) is 7.36. The predicted molar refractivity (Wildman–Crippen MR) is 112 cm³/mol. The summed E-state index contributed by atoms with van der Waals surface area (Å²) in [4.78, 5) is 4.57. The Bertz CT molecular complexity index is 900. The summed E-state index contributed by atoms with van der Waals surface area (Å²) in [5, 5.41) is 0. The Kier molecular flexibility index (Phi) is 6.39. The largest absolute Gasteiger partial charge is 0.256 e. The molecule has 0 saturated heterocycles. The molecule has 0 N–H and O–H groups in total. The Morgan fingerprint density at radius 1 is 0.926 bits per heavy atom. The minimum atomic E-state index is -0.236. The molecule has 0 aliphatic rings. The van der Waals surface area contributed by atoms with E-state index in [-0.39, 0.29) is 5.82 Å². The molecule has 27 heavy (non-hydrogen) atoms. The summed E-state index contributed by atoms with van der Waals surface area (Å²) >= 11 is 0. The molecule has 0 aliphatic carbocycles. The number of halogens is 1. The zero-order valence-corrected chi connectivity index (χ0v) is 16.5. The zero-order chi connectivity index (χ0) is 19.2. The highest BCUT2D eigenvalue weighted by Crippen LogP contribution is 2.32. The molecule has 0 fully saturated rings. The van der Waals surface area contributed by atoms with Crippen molar-refractivity contribution in [2.24, 2.45) is 5.92 Å². The fourth-order valence-electron chi connectivity index (χ4n) is 3.52. The van der Waals surface area contributed by atoms with Gasteiger partial charge >= 0.3 is 0 Å². The van der Waals surface area contributed by atoms with E-state index >= 15 is 0 Å². The SMILES string of the molecule is CCCc1ccc(-c2cccnc2-c2cccc(F)c2)cc1CC(C)CC. The normalized spacial score (nSPS) is 12.1. The van der Waals surface area contributed by atoms with E-state index in [1.807, 2.05) is 12.1 Å². The first kappa shape index (κ1) is 19.3. The Labute approximate surface area is 162 Å². The lowest BCUT2D eigenvalue weighted by atomic mass is 9.89. The number of hydrogen-bond donors (Lipinski definition) is 0. The van der Waals surface area contributed by atoms with Gasteiger partial charge in [-0.05, 0) is 53.6 Å². The minimum Gasteiger partial charge on any atom is -0.256 e. The maximum Gasteiger partial charge on any atom is 0.123 e. The van der Waals surface area contributed by atoms with Crippen LogP contribution in [0, 0.1) is 11.7 Å². The predicted octanol–water partition coefficient (Wildman–Crippen LogP) is 7.10. The van der Waals surface area contributed by atoms with Gasteiger partial charge in [-0.15, -0.1) is 0 Å². The van der Waals surface area contributed by atoms with Crippen LogP contribution in [0.25, 0.3) is 22.4 Å². The second kappa shape index (κ2) is 8.94. The second-order valence-corrected chi connectivity index (χ2v) is 7.36. The van der Waals surface area contributed by atoms with Gasteiger partial charge in [0, 0.05) is 17.3 Å². The van der Waals surface area contributed by atoms with Crippen LogP contribution >= 0.6 is 0 Å². The summed E-state index contributed by atoms with van der Waals surface area (Å²) in [7, 11) is 0. The lowest BCUT2D eigenvalue weighted by Crippen LogP contribution is -2.02. The summed E-state index contributed by atoms with van der Waals surface area (Å²) in [6.07, 6.45) is 6.30. The van der Waals surface area contributed by atoms with E-state index < -0.39 is 0 Å². The van der Waals surface area contributed by atoms with Gasteiger partial charge in [0.1, 0.15) is 5.82 Å². The van der Waals surface area contributed by atoms with Crippen molar-refractivity contribution in [2.75, 3.05) is 0 Å². The first-order valence-corrected chi connectivity index (χ1v) is 9.95. The van der Waals surface area contributed by atoms with Crippen LogP contribution in [0.3, 0.4) is 0 Å². The highest BCUT2D eigenvalue weighted by atomic mass is 19.1. The average molecular weight is 362 g/mol. The smallest absolute Gasteiger partial charge is 0.123 e. The molecule has 1 atom stereocenters. The molecule has 2 heteroatoms. The molecule has 0 radical (unpaired) electrons. The van der Waals surface area contributed by atoms with Gasteiger partial charge in [0.15, 0.2) is 0 Å². The zero-order valence-electron chi connectivity index (χ0n) is 16.5. The van der Waals surface area contributed by atoms with Crippen LogP contribution in [0.1, 0.15) is 44.7 Å². The molecule has 0 bridgehead atoms. The van der Waals surface area contributed by atoms with Crippen LogP contribution in [-0.4, -0.2) is 4.98 Å². The maximum atomic E-state index is 13.7. The molecular formula is C25H28FN.